The zero-order valence-electron chi connectivity index (χ0n) is 16.6. The van der Waals surface area contributed by atoms with Crippen LogP contribution in [0.25, 0.3) is 0 Å². The molecular formula is C19H37IO2Si. The first-order valence-corrected chi connectivity index (χ1v) is 12.7. The molecule has 0 saturated carbocycles. The summed E-state index contributed by atoms with van der Waals surface area (Å²) in [5, 5.41) is 0.205. The zero-order chi connectivity index (χ0) is 18.3. The van der Waals surface area contributed by atoms with Crippen LogP contribution in [-0.4, -0.2) is 25.1 Å². The van der Waals surface area contributed by atoms with Gasteiger partial charge in [-0.25, -0.2) is 0 Å². The minimum absolute atomic E-state index is 0.127. The summed E-state index contributed by atoms with van der Waals surface area (Å²) < 4.78 is 12.8. The molecule has 0 aromatic rings. The number of hydrogen-bond donors (Lipinski definition) is 0. The van der Waals surface area contributed by atoms with E-state index in [0.717, 1.165) is 12.8 Å². The summed E-state index contributed by atoms with van der Waals surface area (Å²) >= 11 is 2.40. The quantitative estimate of drug-likeness (QED) is 0.125. The second-order valence-electron chi connectivity index (χ2n) is 8.13. The summed E-state index contributed by atoms with van der Waals surface area (Å²) in [6, 6.07) is 0. The molecule has 0 aromatic carbocycles. The molecule has 0 heterocycles. The van der Waals surface area contributed by atoms with Gasteiger partial charge in [-0.3, -0.25) is 0 Å². The second-order valence-corrected chi connectivity index (χ2v) is 14.8. The molecule has 0 amide bonds. The Kier molecular flexibility index (Phi) is 10.5. The second kappa shape index (κ2) is 10.4. The zero-order valence-corrected chi connectivity index (χ0v) is 19.8. The maximum Gasteiger partial charge on any atom is 0.195 e. The van der Waals surface area contributed by atoms with E-state index in [1.54, 1.807) is 0 Å². The Labute approximate surface area is 159 Å². The van der Waals surface area contributed by atoms with Gasteiger partial charge < -0.3 is 9.16 Å². The number of hydrogen-bond acceptors (Lipinski definition) is 2. The van der Waals surface area contributed by atoms with Gasteiger partial charge in [0.15, 0.2) is 14.6 Å². The molecule has 23 heavy (non-hydrogen) atoms. The fourth-order valence-corrected chi connectivity index (χ4v) is 3.54. The maximum absolute atomic E-state index is 6.43. The molecule has 0 rings (SSSR count). The van der Waals surface area contributed by atoms with Crippen molar-refractivity contribution in [2.24, 2.45) is 0 Å². The van der Waals surface area contributed by atoms with Crippen LogP contribution in [0.15, 0.2) is 23.3 Å². The van der Waals surface area contributed by atoms with E-state index in [-0.39, 0.29) is 11.3 Å². The normalized spacial score (nSPS) is 16.2. The van der Waals surface area contributed by atoms with Crippen LogP contribution < -0.4 is 0 Å². The van der Waals surface area contributed by atoms with E-state index in [1.165, 1.54) is 11.1 Å². The number of alkyl halides is 1. The van der Waals surface area contributed by atoms with Crippen molar-refractivity contribution in [2.45, 2.75) is 89.7 Å². The highest BCUT2D eigenvalue weighted by Gasteiger charge is 2.40. The van der Waals surface area contributed by atoms with Crippen LogP contribution in [0.1, 0.15) is 61.3 Å². The maximum atomic E-state index is 6.43. The van der Waals surface area contributed by atoms with Crippen molar-refractivity contribution in [3.05, 3.63) is 23.3 Å². The topological polar surface area (TPSA) is 18.5 Å². The van der Waals surface area contributed by atoms with Gasteiger partial charge in [-0.1, -0.05) is 66.7 Å². The summed E-state index contributed by atoms with van der Waals surface area (Å²) in [5.74, 6) is 0. The number of halogens is 1. The van der Waals surface area contributed by atoms with Crippen molar-refractivity contribution in [1.29, 1.82) is 0 Å². The van der Waals surface area contributed by atoms with E-state index < -0.39 is 8.32 Å². The lowest BCUT2D eigenvalue weighted by Crippen LogP contribution is -2.46. The van der Waals surface area contributed by atoms with Crippen molar-refractivity contribution < 1.29 is 9.16 Å². The molecule has 0 aliphatic carbocycles. The van der Waals surface area contributed by atoms with Crippen molar-refractivity contribution in [2.75, 3.05) is 6.61 Å². The van der Waals surface area contributed by atoms with Crippen LogP contribution in [0.3, 0.4) is 0 Å². The minimum Gasteiger partial charge on any atom is -0.391 e. The van der Waals surface area contributed by atoms with Gasteiger partial charge in [0.25, 0.3) is 0 Å². The van der Waals surface area contributed by atoms with Crippen LogP contribution in [0.2, 0.25) is 18.1 Å². The molecule has 0 unspecified atom stereocenters. The van der Waals surface area contributed by atoms with Crippen LogP contribution in [-0.2, 0) is 9.16 Å². The Morgan fingerprint density at radius 1 is 1.13 bits per heavy atom. The third-order valence-electron chi connectivity index (χ3n) is 4.38. The first kappa shape index (κ1) is 23.3. The largest absolute Gasteiger partial charge is 0.391 e. The van der Waals surface area contributed by atoms with Gasteiger partial charge in [-0.15, -0.1) is 0 Å². The summed E-state index contributed by atoms with van der Waals surface area (Å²) in [5.41, 5.74) is 2.77. The monoisotopic (exact) mass is 452 g/mol. The molecule has 4 heteroatoms. The molecule has 0 bridgehead atoms. The average Bonchev–Trinajstić information content (AvgIpc) is 2.35. The molecular weight excluding hydrogens is 415 g/mol. The Hall–Kier alpha value is 0.347. The highest BCUT2D eigenvalue weighted by Crippen LogP contribution is 2.38. The number of rotatable bonds is 9. The summed E-state index contributed by atoms with van der Waals surface area (Å²) in [7, 11) is -1.80. The van der Waals surface area contributed by atoms with E-state index >= 15 is 0 Å². The standard InChI is InChI=1S/C19H37IO2Si/c1-15(2)11-10-12-16(3)13-14-21-18(17(4)20)22-23(8,9)19(5,6)7/h11,13,17-18H,10,12,14H2,1-9H3/b16-13+/t17-,18+/m1/s1. The Balaban J connectivity index is 4.54. The molecule has 136 valence electrons. The lowest BCUT2D eigenvalue weighted by Gasteiger charge is -2.39. The van der Waals surface area contributed by atoms with E-state index in [2.05, 4.69) is 96.3 Å². The highest BCUT2D eigenvalue weighted by molar-refractivity contribution is 14.1. The molecule has 0 N–H and O–H groups in total. The van der Waals surface area contributed by atoms with Crippen LogP contribution in [0, 0.1) is 0 Å². The Morgan fingerprint density at radius 3 is 2.13 bits per heavy atom. The van der Waals surface area contributed by atoms with Crippen LogP contribution in [0.5, 0.6) is 0 Å². The fraction of sp³-hybridized carbons (Fsp3) is 0.789. The molecule has 0 saturated heterocycles. The van der Waals surface area contributed by atoms with Crippen molar-refractivity contribution in [3.63, 3.8) is 0 Å². The van der Waals surface area contributed by atoms with Gasteiger partial charge in [-0.2, -0.15) is 0 Å². The minimum atomic E-state index is -1.80. The number of ether oxygens (including phenoxy) is 1. The van der Waals surface area contributed by atoms with Gasteiger partial charge >= 0.3 is 0 Å². The molecule has 0 aliphatic heterocycles. The lowest BCUT2D eigenvalue weighted by molar-refractivity contribution is -0.0725. The summed E-state index contributed by atoms with van der Waals surface area (Å²) in [4.78, 5) is 0. The van der Waals surface area contributed by atoms with Gasteiger partial charge in [0.2, 0.25) is 0 Å². The van der Waals surface area contributed by atoms with Crippen LogP contribution >= 0.6 is 22.6 Å². The molecule has 0 radical (unpaired) electrons. The van der Waals surface area contributed by atoms with E-state index in [1.807, 2.05) is 0 Å². The first-order chi connectivity index (χ1) is 10.4. The third kappa shape index (κ3) is 10.0. The average molecular weight is 452 g/mol. The van der Waals surface area contributed by atoms with E-state index in [9.17, 15) is 0 Å². The molecule has 0 fully saturated rings. The SMILES string of the molecule is CC(C)=CCC/C(C)=C/CO[C@@H](O[Si](C)(C)C(C)(C)C)[C@@H](C)I. The van der Waals surface area contributed by atoms with E-state index in [0.29, 0.717) is 10.5 Å². The third-order valence-corrected chi connectivity index (χ3v) is 9.40. The summed E-state index contributed by atoms with van der Waals surface area (Å²) in [6.07, 6.45) is 6.56. The first-order valence-electron chi connectivity index (χ1n) is 8.59. The highest BCUT2D eigenvalue weighted by atomic mass is 127. The van der Waals surface area contributed by atoms with Gasteiger partial charge in [0.1, 0.15) is 0 Å². The van der Waals surface area contributed by atoms with Gasteiger partial charge in [-0.05, 0) is 58.7 Å². The number of allylic oxidation sites excluding steroid dienone is 3. The predicted octanol–water partition coefficient (Wildman–Crippen LogP) is 6.87. The molecule has 0 aromatic heterocycles. The van der Waals surface area contributed by atoms with Crippen molar-refractivity contribution in [3.8, 4) is 0 Å². The summed E-state index contributed by atoms with van der Waals surface area (Å²) in [6.45, 7) is 20.6. The van der Waals surface area contributed by atoms with Gasteiger partial charge in [0, 0.05) is 0 Å². The molecule has 2 nitrogen and oxygen atoms in total. The molecule has 0 aliphatic rings. The predicted molar refractivity (Wildman–Crippen MR) is 114 cm³/mol. The Morgan fingerprint density at radius 2 is 1.70 bits per heavy atom. The van der Waals surface area contributed by atoms with Gasteiger partial charge in [0.05, 0.1) is 10.5 Å². The molecule has 2 atom stereocenters. The van der Waals surface area contributed by atoms with E-state index in [4.69, 9.17) is 9.16 Å². The van der Waals surface area contributed by atoms with Crippen molar-refractivity contribution in [1.82, 2.24) is 0 Å². The Bertz CT molecular complexity index is 402. The van der Waals surface area contributed by atoms with Crippen molar-refractivity contribution >= 4 is 30.9 Å². The van der Waals surface area contributed by atoms with Crippen LogP contribution in [0.4, 0.5) is 0 Å². The molecule has 0 spiro atoms. The smallest absolute Gasteiger partial charge is 0.195 e. The lowest BCUT2D eigenvalue weighted by atomic mass is 10.1. The fourth-order valence-electron chi connectivity index (χ4n) is 1.70.